The molecule has 0 aromatic heterocycles. The van der Waals surface area contributed by atoms with Gasteiger partial charge in [-0.15, -0.1) is 0 Å². The number of amides is 1. The van der Waals surface area contributed by atoms with Crippen molar-refractivity contribution in [2.45, 2.75) is 71.9 Å². The molecule has 19 heavy (non-hydrogen) atoms. The van der Waals surface area contributed by atoms with Crippen molar-refractivity contribution < 1.29 is 24.3 Å². The van der Waals surface area contributed by atoms with Gasteiger partial charge in [-0.1, -0.05) is 0 Å². The highest BCUT2D eigenvalue weighted by Gasteiger charge is 2.36. The van der Waals surface area contributed by atoms with Crippen LogP contribution in [0.5, 0.6) is 0 Å². The van der Waals surface area contributed by atoms with Gasteiger partial charge in [-0.05, 0) is 48.5 Å². The Kier molecular flexibility index (Phi) is 6.37. The second-order valence-corrected chi connectivity index (χ2v) is 6.44. The summed E-state index contributed by atoms with van der Waals surface area (Å²) in [5.74, 6) is 3.19. The molecule has 114 valence electrons. The fraction of sp³-hybridized carbons (Fsp3) is 0.917. The fourth-order valence-electron chi connectivity index (χ4n) is 0.842. The number of rotatable bonds is 6. The van der Waals surface area contributed by atoms with Crippen LogP contribution in [0.2, 0.25) is 0 Å². The molecule has 0 rings (SSSR count). The van der Waals surface area contributed by atoms with Crippen LogP contribution in [0.4, 0.5) is 0 Å². The normalized spacial score (nSPS) is 13.5. The molecule has 0 atom stereocenters. The molecule has 0 aliphatic heterocycles. The van der Waals surface area contributed by atoms with Crippen LogP contribution >= 0.6 is 0 Å². The molecule has 0 aromatic carbocycles. The van der Waals surface area contributed by atoms with Gasteiger partial charge in [-0.2, -0.15) is 9.78 Å². The maximum atomic E-state index is 11.4. The number of hydrogen-bond acceptors (Lipinski definition) is 6. The van der Waals surface area contributed by atoms with Crippen molar-refractivity contribution in [3.8, 4) is 0 Å². The molecule has 0 fully saturated rings. The van der Waals surface area contributed by atoms with Crippen molar-refractivity contribution in [2.75, 3.05) is 0 Å². The lowest BCUT2D eigenvalue weighted by molar-refractivity contribution is -0.535. The molecule has 0 saturated heterocycles. The highest BCUT2D eigenvalue weighted by molar-refractivity contribution is 5.75. The number of nitrogens with one attached hydrogen (secondary N) is 1. The molecule has 0 aliphatic carbocycles. The van der Waals surface area contributed by atoms with Gasteiger partial charge >= 0.3 is 0 Å². The zero-order valence-corrected chi connectivity index (χ0v) is 12.8. The van der Waals surface area contributed by atoms with Crippen LogP contribution in [-0.2, 0) is 24.3 Å². The number of hydrazine groups is 1. The minimum Gasteiger partial charge on any atom is -0.294 e. The first-order valence-corrected chi connectivity index (χ1v) is 6.10. The summed E-state index contributed by atoms with van der Waals surface area (Å²) in [4.78, 5) is 32.1. The van der Waals surface area contributed by atoms with Gasteiger partial charge in [0, 0.05) is 0 Å². The predicted molar refractivity (Wildman–Crippen MR) is 69.2 cm³/mol. The second-order valence-electron chi connectivity index (χ2n) is 6.44. The Morgan fingerprint density at radius 2 is 1.26 bits per heavy atom. The van der Waals surface area contributed by atoms with E-state index in [0.29, 0.717) is 0 Å². The highest BCUT2D eigenvalue weighted by atomic mass is 17.3. The van der Waals surface area contributed by atoms with Gasteiger partial charge in [-0.3, -0.25) is 10.2 Å². The molecule has 1 amide bonds. The summed E-state index contributed by atoms with van der Waals surface area (Å²) in [5, 5.41) is 0. The Hall–Kier alpha value is -0.730. The van der Waals surface area contributed by atoms with Crippen molar-refractivity contribution in [3.05, 3.63) is 0 Å². The Labute approximate surface area is 114 Å². The summed E-state index contributed by atoms with van der Waals surface area (Å²) in [7, 11) is 0. The lowest BCUT2D eigenvalue weighted by Gasteiger charge is -2.32. The quantitative estimate of drug-likeness (QED) is 0.252. The Balaban J connectivity index is 4.66. The Morgan fingerprint density at radius 3 is 1.53 bits per heavy atom. The summed E-state index contributed by atoms with van der Waals surface area (Å²) >= 11 is 0. The third-order valence-electron chi connectivity index (χ3n) is 1.58. The first-order valence-electron chi connectivity index (χ1n) is 6.10. The lowest BCUT2D eigenvalue weighted by Crippen LogP contribution is -2.44. The summed E-state index contributed by atoms with van der Waals surface area (Å²) in [6.07, 6.45) is -0.171. The third-order valence-corrected chi connectivity index (χ3v) is 1.58. The van der Waals surface area contributed by atoms with Gasteiger partial charge < -0.3 is 0 Å². The van der Waals surface area contributed by atoms with Crippen LogP contribution in [0.3, 0.4) is 0 Å². The lowest BCUT2D eigenvalue weighted by atomic mass is 10.2. The Bertz CT molecular complexity index is 275. The summed E-state index contributed by atoms with van der Waals surface area (Å²) in [6, 6.07) is 0. The average Bonchev–Trinajstić information content (AvgIpc) is 2.22. The number of hydrogen-bond donors (Lipinski definition) is 2. The molecule has 0 aliphatic rings. The van der Waals surface area contributed by atoms with E-state index in [4.69, 9.17) is 25.4 Å². The van der Waals surface area contributed by atoms with Crippen molar-refractivity contribution in [2.24, 2.45) is 5.84 Å². The topological polar surface area (TPSA) is 92.0 Å². The smallest absolute Gasteiger partial charge is 0.240 e. The van der Waals surface area contributed by atoms with Crippen molar-refractivity contribution in [1.82, 2.24) is 5.43 Å². The monoisotopic (exact) mass is 278 g/mol. The number of carbonyl (C=O) groups excluding carboxylic acids is 1. The van der Waals surface area contributed by atoms with Gasteiger partial charge in [0.15, 0.2) is 0 Å². The molecule has 7 heteroatoms. The molecular formula is C12H26N2O5. The third kappa shape index (κ3) is 9.80. The van der Waals surface area contributed by atoms with E-state index in [9.17, 15) is 4.79 Å². The standard InChI is InChI=1S/C12H26N2O5/c1-10(2,3)16-18-12(7,8-9(15)14-13)19-17-11(4,5)6/h8,13H2,1-7H3,(H,14,15). The van der Waals surface area contributed by atoms with Crippen LogP contribution in [-0.4, -0.2) is 22.9 Å². The zero-order chi connectivity index (χ0) is 15.3. The molecule has 0 spiro atoms. The van der Waals surface area contributed by atoms with Gasteiger partial charge in [0.1, 0.15) is 0 Å². The highest BCUT2D eigenvalue weighted by Crippen LogP contribution is 2.24. The van der Waals surface area contributed by atoms with E-state index in [2.05, 4.69) is 0 Å². The van der Waals surface area contributed by atoms with Crippen molar-refractivity contribution >= 4 is 5.91 Å². The number of nitrogens with two attached hydrogens (primary N) is 1. The largest absolute Gasteiger partial charge is 0.294 e. The van der Waals surface area contributed by atoms with E-state index < -0.39 is 22.9 Å². The first kappa shape index (κ1) is 18.3. The fourth-order valence-corrected chi connectivity index (χ4v) is 0.842. The van der Waals surface area contributed by atoms with E-state index in [1.54, 1.807) is 41.5 Å². The van der Waals surface area contributed by atoms with Crippen LogP contribution in [0.15, 0.2) is 0 Å². The minimum atomic E-state index is -1.40. The maximum absolute atomic E-state index is 11.4. The average molecular weight is 278 g/mol. The molecule has 0 radical (unpaired) electrons. The SMILES string of the molecule is CC(C)(C)OOC(C)(CC(=O)NN)OOC(C)(C)C. The molecule has 3 N–H and O–H groups in total. The predicted octanol–water partition coefficient (Wildman–Crippen LogP) is 1.58. The summed E-state index contributed by atoms with van der Waals surface area (Å²) < 4.78 is 0. The van der Waals surface area contributed by atoms with E-state index in [1.807, 2.05) is 5.43 Å². The molecule has 0 heterocycles. The van der Waals surface area contributed by atoms with Crippen LogP contribution < -0.4 is 11.3 Å². The van der Waals surface area contributed by atoms with E-state index in [-0.39, 0.29) is 6.42 Å². The van der Waals surface area contributed by atoms with E-state index in [1.165, 1.54) is 6.92 Å². The second kappa shape index (κ2) is 6.62. The molecule has 0 aromatic rings. The molecular weight excluding hydrogens is 252 g/mol. The molecule has 7 nitrogen and oxygen atoms in total. The van der Waals surface area contributed by atoms with Crippen LogP contribution in [0, 0.1) is 0 Å². The van der Waals surface area contributed by atoms with Crippen molar-refractivity contribution in [1.29, 1.82) is 0 Å². The van der Waals surface area contributed by atoms with Gasteiger partial charge in [-0.25, -0.2) is 15.6 Å². The van der Waals surface area contributed by atoms with E-state index in [0.717, 1.165) is 0 Å². The van der Waals surface area contributed by atoms with Crippen LogP contribution in [0.25, 0.3) is 0 Å². The maximum Gasteiger partial charge on any atom is 0.240 e. The molecule has 0 bridgehead atoms. The minimum absolute atomic E-state index is 0.171. The zero-order valence-electron chi connectivity index (χ0n) is 12.8. The summed E-state index contributed by atoms with van der Waals surface area (Å²) in [5.41, 5.74) is 0.905. The van der Waals surface area contributed by atoms with Gasteiger partial charge in [0.05, 0.1) is 17.6 Å². The van der Waals surface area contributed by atoms with Crippen molar-refractivity contribution in [3.63, 3.8) is 0 Å². The first-order chi connectivity index (χ1) is 8.37. The van der Waals surface area contributed by atoms with E-state index >= 15 is 0 Å². The Morgan fingerprint density at radius 1 is 0.895 bits per heavy atom. The summed E-state index contributed by atoms with van der Waals surface area (Å²) in [6.45, 7) is 12.4. The van der Waals surface area contributed by atoms with Gasteiger partial charge in [0.25, 0.3) is 0 Å². The van der Waals surface area contributed by atoms with Crippen LogP contribution in [0.1, 0.15) is 54.9 Å². The van der Waals surface area contributed by atoms with Gasteiger partial charge in [0.2, 0.25) is 11.7 Å². The number of carbonyl (C=O) groups is 1. The molecule has 0 unspecified atom stereocenters. The molecule has 0 saturated carbocycles.